The van der Waals surface area contributed by atoms with Crippen molar-refractivity contribution < 1.29 is 0 Å². The van der Waals surface area contributed by atoms with Gasteiger partial charge in [0.25, 0.3) is 0 Å². The fraction of sp³-hybridized carbons (Fsp3) is 0.923. The molecule has 2 atom stereocenters. The SMILES string of the molecule is CN=CC1CCCCCC(C)CCC1. The van der Waals surface area contributed by atoms with Crippen LogP contribution in [0.4, 0.5) is 0 Å². The zero-order valence-corrected chi connectivity index (χ0v) is 9.84. The third kappa shape index (κ3) is 4.78. The first-order valence-electron chi connectivity index (χ1n) is 6.25. The highest BCUT2D eigenvalue weighted by molar-refractivity contribution is 5.60. The number of nitrogens with zero attached hydrogens (tertiary/aromatic N) is 1. The van der Waals surface area contributed by atoms with E-state index in [0.717, 1.165) is 11.8 Å². The van der Waals surface area contributed by atoms with E-state index in [9.17, 15) is 0 Å². The molecule has 0 spiro atoms. The van der Waals surface area contributed by atoms with Gasteiger partial charge in [-0.3, -0.25) is 0 Å². The molecule has 0 N–H and O–H groups in total. The van der Waals surface area contributed by atoms with E-state index in [1.54, 1.807) is 0 Å². The van der Waals surface area contributed by atoms with Crippen molar-refractivity contribution in [3.8, 4) is 0 Å². The van der Waals surface area contributed by atoms with Crippen LogP contribution in [0.25, 0.3) is 0 Å². The average Bonchev–Trinajstić information content (AvgIpc) is 2.17. The largest absolute Gasteiger partial charge is 0.301 e. The maximum absolute atomic E-state index is 4.18. The minimum Gasteiger partial charge on any atom is -0.301 e. The van der Waals surface area contributed by atoms with Gasteiger partial charge in [-0.25, -0.2) is 0 Å². The van der Waals surface area contributed by atoms with Gasteiger partial charge in [0.05, 0.1) is 0 Å². The van der Waals surface area contributed by atoms with E-state index in [4.69, 9.17) is 0 Å². The first kappa shape index (κ1) is 11.7. The van der Waals surface area contributed by atoms with Gasteiger partial charge in [0, 0.05) is 13.3 Å². The molecule has 1 fully saturated rings. The Labute approximate surface area is 89.0 Å². The second-order valence-corrected chi connectivity index (χ2v) is 4.84. The van der Waals surface area contributed by atoms with Crippen LogP contribution in [0.5, 0.6) is 0 Å². The predicted molar refractivity (Wildman–Crippen MR) is 64.0 cm³/mol. The van der Waals surface area contributed by atoms with Crippen molar-refractivity contribution in [2.24, 2.45) is 16.8 Å². The summed E-state index contributed by atoms with van der Waals surface area (Å²) in [6.07, 6.45) is 13.5. The van der Waals surface area contributed by atoms with Crippen LogP contribution < -0.4 is 0 Å². The zero-order chi connectivity index (χ0) is 10.2. The molecule has 0 heterocycles. The van der Waals surface area contributed by atoms with Crippen molar-refractivity contribution in [1.29, 1.82) is 0 Å². The van der Waals surface area contributed by atoms with E-state index < -0.39 is 0 Å². The van der Waals surface area contributed by atoms with E-state index in [1.807, 2.05) is 7.05 Å². The van der Waals surface area contributed by atoms with Gasteiger partial charge in [-0.2, -0.15) is 0 Å². The molecule has 1 aliphatic rings. The lowest BCUT2D eigenvalue weighted by Crippen LogP contribution is -2.06. The molecule has 1 saturated carbocycles. The van der Waals surface area contributed by atoms with Crippen LogP contribution in [-0.4, -0.2) is 13.3 Å². The van der Waals surface area contributed by atoms with Crippen molar-refractivity contribution in [1.82, 2.24) is 0 Å². The van der Waals surface area contributed by atoms with Gasteiger partial charge in [0.1, 0.15) is 0 Å². The molecular formula is C13H25N. The van der Waals surface area contributed by atoms with Crippen LogP contribution in [0.2, 0.25) is 0 Å². The van der Waals surface area contributed by atoms with Crippen molar-refractivity contribution in [2.45, 2.75) is 58.3 Å². The molecule has 1 rings (SSSR count). The van der Waals surface area contributed by atoms with E-state index in [-0.39, 0.29) is 0 Å². The second-order valence-electron chi connectivity index (χ2n) is 4.84. The zero-order valence-electron chi connectivity index (χ0n) is 9.84. The summed E-state index contributed by atoms with van der Waals surface area (Å²) < 4.78 is 0. The lowest BCUT2D eigenvalue weighted by atomic mass is 9.89. The highest BCUT2D eigenvalue weighted by atomic mass is 14.6. The highest BCUT2D eigenvalue weighted by Crippen LogP contribution is 2.23. The third-order valence-electron chi connectivity index (χ3n) is 3.40. The lowest BCUT2D eigenvalue weighted by molar-refractivity contribution is 0.395. The van der Waals surface area contributed by atoms with E-state index >= 15 is 0 Å². The molecular weight excluding hydrogens is 170 g/mol. The Hall–Kier alpha value is -0.330. The molecule has 0 amide bonds. The quantitative estimate of drug-likeness (QED) is 0.559. The standard InChI is InChI=1S/C13H25N/c1-12-7-4-3-5-9-13(11-14-2)10-6-8-12/h11-13H,3-10H2,1-2H3. The Balaban J connectivity index is 2.33. The molecule has 0 bridgehead atoms. The molecule has 0 aliphatic heterocycles. The highest BCUT2D eigenvalue weighted by Gasteiger charge is 2.10. The van der Waals surface area contributed by atoms with Gasteiger partial charge in [-0.1, -0.05) is 45.4 Å². The van der Waals surface area contributed by atoms with Gasteiger partial charge in [0.2, 0.25) is 0 Å². The van der Waals surface area contributed by atoms with Gasteiger partial charge in [-0.05, 0) is 24.7 Å². The Morgan fingerprint density at radius 1 is 0.929 bits per heavy atom. The van der Waals surface area contributed by atoms with Gasteiger partial charge in [-0.15, -0.1) is 0 Å². The van der Waals surface area contributed by atoms with Crippen molar-refractivity contribution in [2.75, 3.05) is 7.05 Å². The third-order valence-corrected chi connectivity index (χ3v) is 3.40. The smallest absolute Gasteiger partial charge is 0.0273 e. The topological polar surface area (TPSA) is 12.4 Å². The van der Waals surface area contributed by atoms with Crippen LogP contribution in [0.1, 0.15) is 58.3 Å². The minimum atomic E-state index is 0.769. The van der Waals surface area contributed by atoms with Crippen LogP contribution in [0.3, 0.4) is 0 Å². The van der Waals surface area contributed by atoms with Crippen LogP contribution in [0.15, 0.2) is 4.99 Å². The summed E-state index contributed by atoms with van der Waals surface area (Å²) in [5.41, 5.74) is 0. The summed E-state index contributed by atoms with van der Waals surface area (Å²) in [7, 11) is 1.90. The number of aliphatic imine (C=N–C) groups is 1. The van der Waals surface area contributed by atoms with Crippen LogP contribution in [-0.2, 0) is 0 Å². The van der Waals surface area contributed by atoms with Crippen molar-refractivity contribution >= 4 is 6.21 Å². The summed E-state index contributed by atoms with van der Waals surface area (Å²) in [5, 5.41) is 0. The molecule has 0 radical (unpaired) electrons. The van der Waals surface area contributed by atoms with Crippen molar-refractivity contribution in [3.05, 3.63) is 0 Å². The Morgan fingerprint density at radius 2 is 1.57 bits per heavy atom. The lowest BCUT2D eigenvalue weighted by Gasteiger charge is -2.17. The molecule has 0 aromatic heterocycles. The first-order chi connectivity index (χ1) is 6.83. The maximum atomic E-state index is 4.18. The fourth-order valence-electron chi connectivity index (χ4n) is 2.45. The van der Waals surface area contributed by atoms with Crippen molar-refractivity contribution in [3.63, 3.8) is 0 Å². The molecule has 2 unspecified atom stereocenters. The minimum absolute atomic E-state index is 0.769. The first-order valence-corrected chi connectivity index (χ1v) is 6.25. The Bertz CT molecular complexity index is 163. The summed E-state index contributed by atoms with van der Waals surface area (Å²) in [5.74, 6) is 1.72. The summed E-state index contributed by atoms with van der Waals surface area (Å²) in [6, 6.07) is 0. The summed E-state index contributed by atoms with van der Waals surface area (Å²) in [6.45, 7) is 2.41. The maximum Gasteiger partial charge on any atom is 0.0273 e. The van der Waals surface area contributed by atoms with E-state index in [0.29, 0.717) is 0 Å². The summed E-state index contributed by atoms with van der Waals surface area (Å²) in [4.78, 5) is 4.18. The molecule has 0 aromatic rings. The second kappa shape index (κ2) is 7.03. The van der Waals surface area contributed by atoms with E-state index in [2.05, 4.69) is 18.1 Å². The van der Waals surface area contributed by atoms with Gasteiger partial charge >= 0.3 is 0 Å². The molecule has 0 saturated heterocycles. The number of hydrogen-bond donors (Lipinski definition) is 0. The number of rotatable bonds is 1. The molecule has 1 heteroatoms. The van der Waals surface area contributed by atoms with Gasteiger partial charge in [0.15, 0.2) is 0 Å². The number of hydrogen-bond acceptors (Lipinski definition) is 1. The molecule has 82 valence electrons. The van der Waals surface area contributed by atoms with E-state index in [1.165, 1.54) is 51.4 Å². The van der Waals surface area contributed by atoms with Crippen LogP contribution >= 0.6 is 0 Å². The summed E-state index contributed by atoms with van der Waals surface area (Å²) >= 11 is 0. The molecule has 1 aliphatic carbocycles. The van der Waals surface area contributed by atoms with Gasteiger partial charge < -0.3 is 4.99 Å². The Kier molecular flexibility index (Phi) is 5.89. The average molecular weight is 195 g/mol. The molecule has 14 heavy (non-hydrogen) atoms. The molecule has 0 aromatic carbocycles. The molecule has 1 nitrogen and oxygen atoms in total. The predicted octanol–water partition coefficient (Wildman–Crippen LogP) is 4.07. The van der Waals surface area contributed by atoms with Crippen LogP contribution in [0, 0.1) is 11.8 Å². The Morgan fingerprint density at radius 3 is 2.36 bits per heavy atom. The fourth-order valence-corrected chi connectivity index (χ4v) is 2.45. The normalized spacial score (nSPS) is 31.9. The monoisotopic (exact) mass is 195 g/mol.